The molecule has 1 unspecified atom stereocenters. The third-order valence-corrected chi connectivity index (χ3v) is 2.52. The molecule has 1 saturated heterocycles. The standard InChI is InChI=1S/C11H12F3NO2/c12-11(13,14)8-2-1-3-9(15)10(8)17-7-4-5-16-6-7/h1-3,7H,4-6,15H2. The van der Waals surface area contributed by atoms with E-state index >= 15 is 0 Å². The first-order valence-electron chi connectivity index (χ1n) is 5.18. The molecule has 0 amide bonds. The predicted molar refractivity (Wildman–Crippen MR) is 55.7 cm³/mol. The maximum absolute atomic E-state index is 12.7. The van der Waals surface area contributed by atoms with Crippen molar-refractivity contribution in [1.82, 2.24) is 0 Å². The molecule has 1 aromatic rings. The van der Waals surface area contributed by atoms with Crippen LogP contribution in [0.1, 0.15) is 12.0 Å². The van der Waals surface area contributed by atoms with Crippen LogP contribution in [0.2, 0.25) is 0 Å². The zero-order chi connectivity index (χ0) is 12.5. The van der Waals surface area contributed by atoms with Crippen LogP contribution in [0.5, 0.6) is 5.75 Å². The molecule has 6 heteroatoms. The second-order valence-electron chi connectivity index (χ2n) is 3.83. The van der Waals surface area contributed by atoms with Gasteiger partial charge in [-0.3, -0.25) is 0 Å². The molecule has 0 aliphatic carbocycles. The Morgan fingerprint density at radius 2 is 2.12 bits per heavy atom. The molecule has 94 valence electrons. The number of rotatable bonds is 2. The van der Waals surface area contributed by atoms with Crippen LogP contribution in [0.3, 0.4) is 0 Å². The predicted octanol–water partition coefficient (Wildman–Crippen LogP) is 2.46. The Balaban J connectivity index is 2.30. The van der Waals surface area contributed by atoms with E-state index in [9.17, 15) is 13.2 Å². The van der Waals surface area contributed by atoms with Gasteiger partial charge in [-0.15, -0.1) is 0 Å². The smallest absolute Gasteiger partial charge is 0.420 e. The van der Waals surface area contributed by atoms with Crippen molar-refractivity contribution in [2.75, 3.05) is 18.9 Å². The second kappa shape index (κ2) is 4.44. The van der Waals surface area contributed by atoms with Gasteiger partial charge in [0.15, 0.2) is 5.75 Å². The molecule has 3 nitrogen and oxygen atoms in total. The average molecular weight is 247 g/mol. The number of nitrogens with two attached hydrogens (primary N) is 1. The lowest BCUT2D eigenvalue weighted by molar-refractivity contribution is -0.139. The van der Waals surface area contributed by atoms with Gasteiger partial charge in [-0.25, -0.2) is 0 Å². The number of anilines is 1. The number of halogens is 3. The summed E-state index contributed by atoms with van der Waals surface area (Å²) < 4.78 is 48.5. The molecule has 1 aromatic carbocycles. The highest BCUT2D eigenvalue weighted by Gasteiger charge is 2.36. The molecule has 1 fully saturated rings. The van der Waals surface area contributed by atoms with E-state index in [-0.39, 0.29) is 17.5 Å². The van der Waals surface area contributed by atoms with Gasteiger partial charge >= 0.3 is 6.18 Å². The fourth-order valence-corrected chi connectivity index (χ4v) is 1.68. The number of benzene rings is 1. The van der Waals surface area contributed by atoms with Crippen molar-refractivity contribution in [3.8, 4) is 5.75 Å². The zero-order valence-corrected chi connectivity index (χ0v) is 8.96. The number of hydrogen-bond acceptors (Lipinski definition) is 3. The molecule has 1 aliphatic rings. The minimum Gasteiger partial charge on any atom is -0.485 e. The summed E-state index contributed by atoms with van der Waals surface area (Å²) in [4.78, 5) is 0. The van der Waals surface area contributed by atoms with E-state index in [1.165, 1.54) is 12.1 Å². The monoisotopic (exact) mass is 247 g/mol. The Kier molecular flexibility index (Phi) is 3.15. The van der Waals surface area contributed by atoms with Crippen LogP contribution < -0.4 is 10.5 Å². The van der Waals surface area contributed by atoms with E-state index in [4.69, 9.17) is 15.2 Å². The summed E-state index contributed by atoms with van der Waals surface area (Å²) in [6, 6.07) is 3.61. The highest BCUT2D eigenvalue weighted by atomic mass is 19.4. The lowest BCUT2D eigenvalue weighted by atomic mass is 10.1. The quantitative estimate of drug-likeness (QED) is 0.816. The van der Waals surface area contributed by atoms with Crippen LogP contribution in [-0.4, -0.2) is 19.3 Å². The van der Waals surface area contributed by atoms with Crippen LogP contribution in [0.4, 0.5) is 18.9 Å². The van der Waals surface area contributed by atoms with Gasteiger partial charge in [0.2, 0.25) is 0 Å². The highest BCUT2D eigenvalue weighted by molar-refractivity contribution is 5.57. The Morgan fingerprint density at radius 3 is 2.71 bits per heavy atom. The molecule has 1 atom stereocenters. The van der Waals surface area contributed by atoms with Gasteiger partial charge < -0.3 is 15.2 Å². The summed E-state index contributed by atoms with van der Waals surface area (Å²) >= 11 is 0. The molecule has 0 spiro atoms. The third-order valence-electron chi connectivity index (χ3n) is 2.52. The van der Waals surface area contributed by atoms with Gasteiger partial charge in [0.1, 0.15) is 6.10 Å². The fraction of sp³-hybridized carbons (Fsp3) is 0.455. The first-order valence-corrected chi connectivity index (χ1v) is 5.18. The summed E-state index contributed by atoms with van der Waals surface area (Å²) in [6.07, 6.45) is -4.25. The highest BCUT2D eigenvalue weighted by Crippen LogP contribution is 2.40. The normalized spacial score (nSPS) is 20.5. The van der Waals surface area contributed by atoms with Crippen molar-refractivity contribution >= 4 is 5.69 Å². The van der Waals surface area contributed by atoms with Gasteiger partial charge in [0, 0.05) is 6.42 Å². The molecule has 0 aromatic heterocycles. The maximum Gasteiger partial charge on any atom is 0.420 e. The van der Waals surface area contributed by atoms with Crippen molar-refractivity contribution in [2.24, 2.45) is 0 Å². The van der Waals surface area contributed by atoms with Crippen LogP contribution in [-0.2, 0) is 10.9 Å². The van der Waals surface area contributed by atoms with Gasteiger partial charge in [0.25, 0.3) is 0 Å². The number of para-hydroxylation sites is 1. The van der Waals surface area contributed by atoms with Gasteiger partial charge in [-0.1, -0.05) is 6.07 Å². The lowest BCUT2D eigenvalue weighted by Gasteiger charge is -2.18. The van der Waals surface area contributed by atoms with Gasteiger partial charge in [-0.05, 0) is 12.1 Å². The Morgan fingerprint density at radius 1 is 1.35 bits per heavy atom. The van der Waals surface area contributed by atoms with Crippen molar-refractivity contribution in [2.45, 2.75) is 18.7 Å². The summed E-state index contributed by atoms with van der Waals surface area (Å²) in [5, 5.41) is 0. The fourth-order valence-electron chi connectivity index (χ4n) is 1.68. The van der Waals surface area contributed by atoms with Crippen LogP contribution in [0, 0.1) is 0 Å². The van der Waals surface area contributed by atoms with Gasteiger partial charge in [-0.2, -0.15) is 13.2 Å². The summed E-state index contributed by atoms with van der Waals surface area (Å²) in [6.45, 7) is 0.796. The van der Waals surface area contributed by atoms with Crippen molar-refractivity contribution in [3.05, 3.63) is 23.8 Å². The topological polar surface area (TPSA) is 44.5 Å². The first-order chi connectivity index (χ1) is 7.98. The van der Waals surface area contributed by atoms with E-state index in [1.807, 2.05) is 0 Å². The lowest BCUT2D eigenvalue weighted by Crippen LogP contribution is -2.19. The Hall–Kier alpha value is -1.43. The minimum absolute atomic E-state index is 0.00766. The number of alkyl halides is 3. The van der Waals surface area contributed by atoms with Crippen molar-refractivity contribution < 1.29 is 22.6 Å². The SMILES string of the molecule is Nc1cccc(C(F)(F)F)c1OC1CCOC1. The molecule has 0 saturated carbocycles. The molecule has 2 N–H and O–H groups in total. The molecule has 1 aliphatic heterocycles. The van der Waals surface area contributed by atoms with Crippen molar-refractivity contribution in [3.63, 3.8) is 0 Å². The largest absolute Gasteiger partial charge is 0.485 e. The molecule has 0 radical (unpaired) electrons. The van der Waals surface area contributed by atoms with E-state index in [2.05, 4.69) is 0 Å². The third kappa shape index (κ3) is 2.63. The van der Waals surface area contributed by atoms with Crippen LogP contribution in [0.25, 0.3) is 0 Å². The number of hydrogen-bond donors (Lipinski definition) is 1. The van der Waals surface area contributed by atoms with Crippen LogP contribution in [0.15, 0.2) is 18.2 Å². The first kappa shape index (κ1) is 12.0. The zero-order valence-electron chi connectivity index (χ0n) is 8.96. The average Bonchev–Trinajstić information content (AvgIpc) is 2.72. The van der Waals surface area contributed by atoms with E-state index < -0.39 is 11.7 Å². The van der Waals surface area contributed by atoms with E-state index in [0.717, 1.165) is 6.07 Å². The number of ether oxygens (including phenoxy) is 2. The molecular weight excluding hydrogens is 235 g/mol. The van der Waals surface area contributed by atoms with E-state index in [0.29, 0.717) is 19.6 Å². The molecule has 0 bridgehead atoms. The minimum atomic E-state index is -4.47. The summed E-state index contributed by atoms with van der Waals surface area (Å²) in [5.74, 6) is -0.296. The van der Waals surface area contributed by atoms with Crippen molar-refractivity contribution in [1.29, 1.82) is 0 Å². The molecule has 2 rings (SSSR count). The summed E-state index contributed by atoms with van der Waals surface area (Å²) in [7, 11) is 0. The molecular formula is C11H12F3NO2. The van der Waals surface area contributed by atoms with Gasteiger partial charge in [0.05, 0.1) is 24.5 Å². The maximum atomic E-state index is 12.7. The summed E-state index contributed by atoms with van der Waals surface area (Å²) in [5.41, 5.74) is 4.68. The Labute approximate surface area is 96.3 Å². The second-order valence-corrected chi connectivity index (χ2v) is 3.83. The molecule has 17 heavy (non-hydrogen) atoms. The van der Waals surface area contributed by atoms with E-state index in [1.54, 1.807) is 0 Å². The van der Waals surface area contributed by atoms with Crippen LogP contribution >= 0.6 is 0 Å². The molecule has 1 heterocycles. The Bertz CT molecular complexity index is 400. The number of nitrogen functional groups attached to an aromatic ring is 1.